The van der Waals surface area contributed by atoms with Gasteiger partial charge in [0.1, 0.15) is 5.54 Å². The zero-order valence-electron chi connectivity index (χ0n) is 15.0. The third kappa shape index (κ3) is 3.82. The summed E-state index contributed by atoms with van der Waals surface area (Å²) in [5.74, 6) is 0.280. The van der Waals surface area contributed by atoms with Crippen LogP contribution in [0.5, 0.6) is 0 Å². The van der Waals surface area contributed by atoms with Gasteiger partial charge in [0.2, 0.25) is 5.91 Å². The van der Waals surface area contributed by atoms with E-state index >= 15 is 0 Å². The molecule has 0 spiro atoms. The Labute approximate surface area is 145 Å². The summed E-state index contributed by atoms with van der Waals surface area (Å²) in [6.45, 7) is 5.11. The average Bonchev–Trinajstić information content (AvgIpc) is 3.17. The molecular weight excluding hydrogens is 300 g/mol. The van der Waals surface area contributed by atoms with Crippen molar-refractivity contribution in [3.63, 3.8) is 0 Å². The highest BCUT2D eigenvalue weighted by Crippen LogP contribution is 2.35. The standard InChI is InChI=1S/C19H32N4O/c1-17(22-15-12-20-16-22)8-11-21-18(24)19(9-4-2-5-10-19)23-13-6-3-7-14-23/h12,15-17H,2-11,13-14H2,1H3,(H,21,24)/t17-/m1/s1. The number of hydrogen-bond donors (Lipinski definition) is 1. The van der Waals surface area contributed by atoms with Crippen molar-refractivity contribution in [1.82, 2.24) is 19.8 Å². The lowest BCUT2D eigenvalue weighted by atomic mass is 9.78. The summed E-state index contributed by atoms with van der Waals surface area (Å²) in [5, 5.41) is 3.27. The summed E-state index contributed by atoms with van der Waals surface area (Å²) in [6, 6.07) is 0.366. The molecule has 1 saturated carbocycles. The first-order valence-corrected chi connectivity index (χ1v) is 9.73. The Hall–Kier alpha value is -1.36. The monoisotopic (exact) mass is 332 g/mol. The zero-order valence-corrected chi connectivity index (χ0v) is 15.0. The molecule has 1 N–H and O–H groups in total. The van der Waals surface area contributed by atoms with Gasteiger partial charge in [0.15, 0.2) is 0 Å². The smallest absolute Gasteiger partial charge is 0.240 e. The third-order valence-electron chi connectivity index (χ3n) is 5.95. The Kier molecular flexibility index (Phi) is 5.93. The number of nitrogens with one attached hydrogen (secondary N) is 1. The molecule has 134 valence electrons. The van der Waals surface area contributed by atoms with Crippen molar-refractivity contribution < 1.29 is 4.79 Å². The van der Waals surface area contributed by atoms with Crippen LogP contribution < -0.4 is 5.32 Å². The van der Waals surface area contributed by atoms with Crippen LogP contribution in [-0.4, -0.2) is 45.5 Å². The van der Waals surface area contributed by atoms with Crippen LogP contribution in [0.3, 0.4) is 0 Å². The highest BCUT2D eigenvalue weighted by atomic mass is 16.2. The first-order valence-electron chi connectivity index (χ1n) is 9.73. The minimum atomic E-state index is -0.225. The third-order valence-corrected chi connectivity index (χ3v) is 5.95. The van der Waals surface area contributed by atoms with E-state index in [4.69, 9.17) is 0 Å². The molecule has 2 aliphatic rings. The van der Waals surface area contributed by atoms with Crippen LogP contribution >= 0.6 is 0 Å². The summed E-state index contributed by atoms with van der Waals surface area (Å²) >= 11 is 0. The van der Waals surface area contributed by atoms with E-state index < -0.39 is 0 Å². The van der Waals surface area contributed by atoms with Crippen LogP contribution in [0.4, 0.5) is 0 Å². The topological polar surface area (TPSA) is 50.2 Å². The van der Waals surface area contributed by atoms with E-state index in [-0.39, 0.29) is 11.4 Å². The molecule has 3 rings (SSSR count). The van der Waals surface area contributed by atoms with E-state index in [9.17, 15) is 4.79 Å². The molecule has 0 radical (unpaired) electrons. The Bertz CT molecular complexity index is 501. The first-order chi connectivity index (χ1) is 11.7. The quantitative estimate of drug-likeness (QED) is 0.871. The summed E-state index contributed by atoms with van der Waals surface area (Å²) in [4.78, 5) is 19.7. The zero-order chi connectivity index (χ0) is 16.8. The van der Waals surface area contributed by atoms with Crippen LogP contribution in [0.25, 0.3) is 0 Å². The number of rotatable bonds is 6. The van der Waals surface area contributed by atoms with E-state index in [1.165, 1.54) is 38.5 Å². The van der Waals surface area contributed by atoms with Crippen molar-refractivity contribution in [1.29, 1.82) is 0 Å². The number of imidazole rings is 1. The first kappa shape index (κ1) is 17.5. The molecule has 2 heterocycles. The van der Waals surface area contributed by atoms with Gasteiger partial charge in [-0.15, -0.1) is 0 Å². The van der Waals surface area contributed by atoms with Crippen molar-refractivity contribution in [3.05, 3.63) is 18.7 Å². The Morgan fingerprint density at radius 1 is 1.17 bits per heavy atom. The van der Waals surface area contributed by atoms with E-state index in [1.807, 2.05) is 18.7 Å². The van der Waals surface area contributed by atoms with Gasteiger partial charge in [-0.2, -0.15) is 0 Å². The maximum atomic E-state index is 13.1. The van der Waals surface area contributed by atoms with Gasteiger partial charge in [0.25, 0.3) is 0 Å². The fraction of sp³-hybridized carbons (Fsp3) is 0.789. The van der Waals surface area contributed by atoms with Crippen LogP contribution in [0.2, 0.25) is 0 Å². The van der Waals surface area contributed by atoms with Gasteiger partial charge < -0.3 is 9.88 Å². The number of piperidine rings is 1. The summed E-state index contributed by atoms with van der Waals surface area (Å²) < 4.78 is 2.10. The van der Waals surface area contributed by atoms with E-state index in [2.05, 4.69) is 26.7 Å². The lowest BCUT2D eigenvalue weighted by molar-refractivity contribution is -0.137. The highest BCUT2D eigenvalue weighted by Gasteiger charge is 2.44. The van der Waals surface area contributed by atoms with E-state index in [0.29, 0.717) is 6.04 Å². The van der Waals surface area contributed by atoms with Gasteiger partial charge in [-0.3, -0.25) is 9.69 Å². The normalized spacial score (nSPS) is 22.9. The largest absolute Gasteiger partial charge is 0.354 e. The summed E-state index contributed by atoms with van der Waals surface area (Å²) in [6.07, 6.45) is 16.1. The predicted molar refractivity (Wildman–Crippen MR) is 95.8 cm³/mol. The Morgan fingerprint density at radius 2 is 1.88 bits per heavy atom. The Balaban J connectivity index is 1.57. The molecule has 24 heavy (non-hydrogen) atoms. The van der Waals surface area contributed by atoms with Crippen LogP contribution in [0.1, 0.15) is 70.8 Å². The maximum Gasteiger partial charge on any atom is 0.240 e. The Morgan fingerprint density at radius 3 is 2.54 bits per heavy atom. The van der Waals surface area contributed by atoms with Gasteiger partial charge in [-0.25, -0.2) is 4.98 Å². The van der Waals surface area contributed by atoms with Crippen LogP contribution in [0.15, 0.2) is 18.7 Å². The van der Waals surface area contributed by atoms with E-state index in [1.54, 1.807) is 0 Å². The second-order valence-electron chi connectivity index (χ2n) is 7.54. The lowest BCUT2D eigenvalue weighted by Gasteiger charge is -2.46. The molecule has 1 aliphatic carbocycles. The fourth-order valence-corrected chi connectivity index (χ4v) is 4.38. The number of nitrogens with zero attached hydrogens (tertiary/aromatic N) is 3. The maximum absolute atomic E-state index is 13.1. The number of carbonyl (C=O) groups excluding carboxylic acids is 1. The highest BCUT2D eigenvalue weighted by molar-refractivity contribution is 5.86. The molecule has 1 saturated heterocycles. The molecule has 1 amide bonds. The van der Waals surface area contributed by atoms with Gasteiger partial charge >= 0.3 is 0 Å². The molecule has 0 aromatic carbocycles. The minimum absolute atomic E-state index is 0.225. The molecule has 5 heteroatoms. The van der Waals surface area contributed by atoms with E-state index in [0.717, 1.165) is 38.9 Å². The molecule has 1 atom stereocenters. The fourth-order valence-electron chi connectivity index (χ4n) is 4.38. The van der Waals surface area contributed by atoms with Crippen LogP contribution in [0, 0.1) is 0 Å². The average molecular weight is 332 g/mol. The molecular formula is C19H32N4O. The van der Waals surface area contributed by atoms with Crippen molar-refractivity contribution in [2.24, 2.45) is 0 Å². The molecule has 5 nitrogen and oxygen atoms in total. The molecule has 1 aromatic heterocycles. The number of hydrogen-bond acceptors (Lipinski definition) is 3. The second-order valence-corrected chi connectivity index (χ2v) is 7.54. The number of likely N-dealkylation sites (tertiary alicyclic amines) is 1. The SMILES string of the molecule is C[C@H](CCNC(=O)C1(N2CCCCC2)CCCCC1)n1ccnc1. The van der Waals surface area contributed by atoms with Gasteiger partial charge in [-0.1, -0.05) is 25.7 Å². The summed E-state index contributed by atoms with van der Waals surface area (Å²) in [7, 11) is 0. The van der Waals surface area contributed by atoms with Crippen molar-refractivity contribution in [2.75, 3.05) is 19.6 Å². The molecule has 0 unspecified atom stereocenters. The van der Waals surface area contributed by atoms with Gasteiger partial charge in [0, 0.05) is 25.0 Å². The number of aromatic nitrogens is 2. The molecule has 0 bridgehead atoms. The predicted octanol–water partition coefficient (Wildman–Crippen LogP) is 3.14. The van der Waals surface area contributed by atoms with Gasteiger partial charge in [0.05, 0.1) is 6.33 Å². The number of carbonyl (C=O) groups is 1. The second kappa shape index (κ2) is 8.15. The molecule has 1 aromatic rings. The van der Waals surface area contributed by atoms with Crippen molar-refractivity contribution in [2.45, 2.75) is 76.3 Å². The van der Waals surface area contributed by atoms with Crippen molar-refractivity contribution in [3.8, 4) is 0 Å². The minimum Gasteiger partial charge on any atom is -0.354 e. The van der Waals surface area contributed by atoms with Crippen LogP contribution in [-0.2, 0) is 4.79 Å². The number of amides is 1. The molecule has 2 fully saturated rings. The summed E-state index contributed by atoms with van der Waals surface area (Å²) in [5.41, 5.74) is -0.225. The molecule has 1 aliphatic heterocycles. The van der Waals surface area contributed by atoms with Gasteiger partial charge in [-0.05, 0) is 52.1 Å². The lowest BCUT2D eigenvalue weighted by Crippen LogP contribution is -2.61. The van der Waals surface area contributed by atoms with Crippen molar-refractivity contribution >= 4 is 5.91 Å².